The van der Waals surface area contributed by atoms with Crippen LogP contribution in [0.2, 0.25) is 0 Å². The average molecular weight is 291 g/mol. The minimum absolute atomic E-state index is 0.0482. The lowest BCUT2D eigenvalue weighted by atomic mass is 9.75. The van der Waals surface area contributed by atoms with Crippen molar-refractivity contribution in [1.29, 1.82) is 0 Å². The van der Waals surface area contributed by atoms with Crippen LogP contribution in [0.5, 0.6) is 5.75 Å². The largest absolute Gasteiger partial charge is 0.497 e. The van der Waals surface area contributed by atoms with Crippen LogP contribution in [0.25, 0.3) is 0 Å². The molecule has 1 N–H and O–H groups in total. The summed E-state index contributed by atoms with van der Waals surface area (Å²) in [6.07, 6.45) is -0.611. The van der Waals surface area contributed by atoms with E-state index in [1.807, 2.05) is 56.9 Å². The molecule has 4 nitrogen and oxygen atoms in total. The molecule has 1 heterocycles. The summed E-state index contributed by atoms with van der Waals surface area (Å²) in [7, 11) is 1.63. The third-order valence-electron chi connectivity index (χ3n) is 4.24. The Morgan fingerprint density at radius 2 is 1.71 bits per heavy atom. The Balaban J connectivity index is 2.31. The third-order valence-corrected chi connectivity index (χ3v) is 4.24. The number of nitrogens with zero attached hydrogens (tertiary/aromatic N) is 1. The van der Waals surface area contributed by atoms with E-state index in [9.17, 15) is 9.90 Å². The molecular formula is C17H25NO3. The molecule has 2 rings (SSSR count). The fourth-order valence-electron chi connectivity index (χ4n) is 3.03. The maximum Gasteiger partial charge on any atom is 0.231 e. The maximum absolute atomic E-state index is 12.4. The highest BCUT2D eigenvalue weighted by molar-refractivity contribution is 5.87. The normalized spacial score (nSPS) is 23.4. The zero-order chi connectivity index (χ0) is 15.7. The van der Waals surface area contributed by atoms with Crippen LogP contribution in [-0.2, 0) is 4.79 Å². The van der Waals surface area contributed by atoms with Gasteiger partial charge in [0.15, 0.2) is 0 Å². The van der Waals surface area contributed by atoms with Crippen molar-refractivity contribution in [3.8, 4) is 5.75 Å². The topological polar surface area (TPSA) is 49.8 Å². The van der Waals surface area contributed by atoms with E-state index in [1.165, 1.54) is 0 Å². The van der Waals surface area contributed by atoms with E-state index >= 15 is 0 Å². The number of hydrogen-bond donors (Lipinski definition) is 1. The number of carbonyl (C=O) groups is 1. The molecule has 0 saturated carbocycles. The Kier molecular flexibility index (Phi) is 4.57. The van der Waals surface area contributed by atoms with Crippen molar-refractivity contribution in [1.82, 2.24) is 4.90 Å². The molecule has 1 aromatic rings. The number of methoxy groups -OCH3 is 1. The average Bonchev–Trinajstić information content (AvgIpc) is 2.44. The van der Waals surface area contributed by atoms with Gasteiger partial charge in [0.2, 0.25) is 5.91 Å². The number of β-lactam (4-membered cyclic amide) rings is 1. The summed E-state index contributed by atoms with van der Waals surface area (Å²) in [6.45, 7) is 7.90. The second kappa shape index (κ2) is 6.06. The molecular weight excluding hydrogens is 266 g/mol. The zero-order valence-corrected chi connectivity index (χ0v) is 13.4. The van der Waals surface area contributed by atoms with Gasteiger partial charge in [0.1, 0.15) is 5.75 Å². The summed E-state index contributed by atoms with van der Waals surface area (Å²) in [5.41, 5.74) is 1.05. The molecule has 0 aliphatic carbocycles. The third kappa shape index (κ3) is 2.77. The van der Waals surface area contributed by atoms with E-state index in [0.29, 0.717) is 0 Å². The Labute approximate surface area is 126 Å². The van der Waals surface area contributed by atoms with Gasteiger partial charge in [0.05, 0.1) is 25.2 Å². The van der Waals surface area contributed by atoms with Crippen LogP contribution in [-0.4, -0.2) is 35.2 Å². The molecule has 21 heavy (non-hydrogen) atoms. The summed E-state index contributed by atoms with van der Waals surface area (Å²) in [6, 6.07) is 7.82. The van der Waals surface area contributed by atoms with Gasteiger partial charge >= 0.3 is 0 Å². The number of carbonyl (C=O) groups excluding carboxylic acids is 1. The fraction of sp³-hybridized carbons (Fsp3) is 0.588. The quantitative estimate of drug-likeness (QED) is 0.848. The summed E-state index contributed by atoms with van der Waals surface area (Å²) >= 11 is 0. The van der Waals surface area contributed by atoms with Crippen LogP contribution in [0.3, 0.4) is 0 Å². The van der Waals surface area contributed by atoms with Gasteiger partial charge in [-0.25, -0.2) is 0 Å². The lowest BCUT2D eigenvalue weighted by Crippen LogP contribution is -2.62. The van der Waals surface area contributed by atoms with Crippen LogP contribution in [0.1, 0.15) is 39.3 Å². The van der Waals surface area contributed by atoms with Crippen LogP contribution in [0, 0.1) is 11.8 Å². The van der Waals surface area contributed by atoms with Gasteiger partial charge in [-0.05, 0) is 37.5 Å². The number of aliphatic hydroxyl groups excluding tert-OH is 1. The second-order valence-corrected chi connectivity index (χ2v) is 6.32. The minimum atomic E-state index is -0.611. The molecule has 0 spiro atoms. The van der Waals surface area contributed by atoms with E-state index in [0.717, 1.165) is 11.3 Å². The monoisotopic (exact) mass is 291 g/mol. The van der Waals surface area contributed by atoms with Crippen LogP contribution in [0.15, 0.2) is 24.3 Å². The minimum Gasteiger partial charge on any atom is -0.497 e. The lowest BCUT2D eigenvalue weighted by molar-refractivity contribution is -0.172. The van der Waals surface area contributed by atoms with Crippen molar-refractivity contribution >= 4 is 5.91 Å². The predicted octanol–water partition coefficient (Wildman–Crippen LogP) is 2.62. The molecule has 0 radical (unpaired) electrons. The number of likely N-dealkylation sites (tertiary alicyclic amines) is 1. The molecule has 1 saturated heterocycles. The second-order valence-electron chi connectivity index (χ2n) is 6.32. The SMILES string of the molecule is COc1ccc(C2C(C(O)C(C)C)C(=O)N2C(C)C)cc1. The standard InChI is InChI=1S/C17H25NO3/c1-10(2)16(19)14-15(18(11(3)4)17(14)20)12-6-8-13(21-5)9-7-12/h6-11,14-16,19H,1-5H3. The summed E-state index contributed by atoms with van der Waals surface area (Å²) in [5.74, 6) is 0.559. The Morgan fingerprint density at radius 3 is 2.14 bits per heavy atom. The van der Waals surface area contributed by atoms with Gasteiger partial charge in [-0.15, -0.1) is 0 Å². The van der Waals surface area contributed by atoms with Crippen molar-refractivity contribution < 1.29 is 14.6 Å². The molecule has 0 aromatic heterocycles. The molecule has 1 amide bonds. The van der Waals surface area contributed by atoms with Crippen molar-refractivity contribution in [2.24, 2.45) is 11.8 Å². The summed E-state index contributed by atoms with van der Waals surface area (Å²) in [4.78, 5) is 14.3. The first-order valence-corrected chi connectivity index (χ1v) is 7.52. The van der Waals surface area contributed by atoms with Crippen molar-refractivity contribution in [3.05, 3.63) is 29.8 Å². The van der Waals surface area contributed by atoms with Gasteiger partial charge in [-0.3, -0.25) is 4.79 Å². The van der Waals surface area contributed by atoms with E-state index in [1.54, 1.807) is 7.11 Å². The number of amides is 1. The Morgan fingerprint density at radius 1 is 1.14 bits per heavy atom. The molecule has 1 aliphatic rings. The molecule has 0 bridgehead atoms. The van der Waals surface area contributed by atoms with Crippen LogP contribution in [0.4, 0.5) is 0 Å². The number of rotatable bonds is 5. The molecule has 1 aliphatic heterocycles. The fourth-order valence-corrected chi connectivity index (χ4v) is 3.03. The number of benzene rings is 1. The highest BCUT2D eigenvalue weighted by atomic mass is 16.5. The zero-order valence-electron chi connectivity index (χ0n) is 13.4. The summed E-state index contributed by atoms with van der Waals surface area (Å²) < 4.78 is 5.18. The summed E-state index contributed by atoms with van der Waals surface area (Å²) in [5, 5.41) is 10.4. The van der Waals surface area contributed by atoms with Crippen LogP contribution < -0.4 is 4.74 Å². The molecule has 1 fully saturated rings. The first kappa shape index (κ1) is 15.8. The Bertz CT molecular complexity index is 495. The number of hydrogen-bond acceptors (Lipinski definition) is 3. The first-order chi connectivity index (χ1) is 9.88. The molecule has 3 unspecified atom stereocenters. The first-order valence-electron chi connectivity index (χ1n) is 7.52. The van der Waals surface area contributed by atoms with Crippen molar-refractivity contribution in [2.45, 2.75) is 45.9 Å². The van der Waals surface area contributed by atoms with E-state index in [-0.39, 0.29) is 29.8 Å². The number of ether oxygens (including phenoxy) is 1. The molecule has 116 valence electrons. The highest BCUT2D eigenvalue weighted by Crippen LogP contribution is 2.45. The van der Waals surface area contributed by atoms with Crippen molar-refractivity contribution in [3.63, 3.8) is 0 Å². The van der Waals surface area contributed by atoms with Gasteiger partial charge in [0, 0.05) is 6.04 Å². The predicted molar refractivity (Wildman–Crippen MR) is 82.1 cm³/mol. The Hall–Kier alpha value is -1.55. The van der Waals surface area contributed by atoms with E-state index in [2.05, 4.69) is 0 Å². The van der Waals surface area contributed by atoms with E-state index in [4.69, 9.17) is 4.74 Å². The lowest BCUT2D eigenvalue weighted by Gasteiger charge is -2.52. The van der Waals surface area contributed by atoms with Gasteiger partial charge in [0.25, 0.3) is 0 Å². The molecule has 1 aromatic carbocycles. The smallest absolute Gasteiger partial charge is 0.231 e. The van der Waals surface area contributed by atoms with Crippen molar-refractivity contribution in [2.75, 3.05) is 7.11 Å². The number of aliphatic hydroxyl groups is 1. The molecule has 3 atom stereocenters. The van der Waals surface area contributed by atoms with Crippen LogP contribution >= 0.6 is 0 Å². The molecule has 4 heteroatoms. The maximum atomic E-state index is 12.4. The van der Waals surface area contributed by atoms with Gasteiger partial charge < -0.3 is 14.7 Å². The van der Waals surface area contributed by atoms with Gasteiger partial charge in [-0.1, -0.05) is 26.0 Å². The van der Waals surface area contributed by atoms with Gasteiger partial charge in [-0.2, -0.15) is 0 Å². The van der Waals surface area contributed by atoms with E-state index < -0.39 is 6.10 Å². The highest BCUT2D eigenvalue weighted by Gasteiger charge is 2.52.